The van der Waals surface area contributed by atoms with Crippen molar-refractivity contribution in [3.63, 3.8) is 0 Å². The maximum Gasteiger partial charge on any atom is 0.362 e. The molecule has 0 bridgehead atoms. The smallest absolute Gasteiger partial charge is 0.362 e. The minimum atomic E-state index is -5.15. The molecule has 0 saturated carbocycles. The van der Waals surface area contributed by atoms with E-state index in [-0.39, 0.29) is 27.4 Å². The van der Waals surface area contributed by atoms with E-state index in [4.69, 9.17) is 10.6 Å². The van der Waals surface area contributed by atoms with Gasteiger partial charge in [-0.2, -0.15) is 13.1 Å². The molecule has 1 saturated heterocycles. The van der Waals surface area contributed by atoms with E-state index in [1.807, 2.05) is 0 Å². The number of oxime groups is 1. The molecule has 23 heteroatoms. The highest BCUT2D eigenvalue weighted by Gasteiger charge is 2.54. The molecular formula is C23H28N8O13S2. The van der Waals surface area contributed by atoms with E-state index in [1.165, 1.54) is 5.38 Å². The average Bonchev–Trinajstić information content (AvgIpc) is 3.38. The Hall–Kier alpha value is -5.29. The van der Waals surface area contributed by atoms with E-state index >= 15 is 0 Å². The second-order valence-electron chi connectivity index (χ2n) is 9.99. The van der Waals surface area contributed by atoms with Crippen LogP contribution in [0.15, 0.2) is 27.6 Å². The first-order valence-corrected chi connectivity index (χ1v) is 15.1. The summed E-state index contributed by atoms with van der Waals surface area (Å²) in [7, 11) is -5.15. The Morgan fingerprint density at radius 2 is 1.80 bits per heavy atom. The van der Waals surface area contributed by atoms with Crippen LogP contribution in [0.1, 0.15) is 38.1 Å². The Morgan fingerprint density at radius 3 is 2.37 bits per heavy atom. The van der Waals surface area contributed by atoms with Gasteiger partial charge in [-0.1, -0.05) is 5.16 Å². The zero-order chi connectivity index (χ0) is 34.6. The van der Waals surface area contributed by atoms with Gasteiger partial charge in [0.05, 0.1) is 24.5 Å². The Morgan fingerprint density at radius 1 is 1.17 bits per heavy atom. The number of aliphatic carboxylic acids is 1. The maximum atomic E-state index is 13.1. The number of rotatable bonds is 14. The summed E-state index contributed by atoms with van der Waals surface area (Å²) in [6, 6.07) is -2.31. The van der Waals surface area contributed by atoms with Crippen LogP contribution in [0.5, 0.6) is 5.75 Å². The quantitative estimate of drug-likeness (QED) is 0.0325. The molecule has 1 aliphatic heterocycles. The predicted octanol–water partition coefficient (Wildman–Crippen LogP) is -2.87. The van der Waals surface area contributed by atoms with Gasteiger partial charge in [-0.05, 0) is 13.8 Å². The van der Waals surface area contributed by atoms with Gasteiger partial charge in [-0.15, -0.1) is 11.3 Å². The molecule has 21 nitrogen and oxygen atoms in total. The van der Waals surface area contributed by atoms with Crippen molar-refractivity contribution in [2.24, 2.45) is 5.16 Å². The first-order chi connectivity index (χ1) is 21.3. The topological polar surface area (TPSA) is 322 Å². The summed E-state index contributed by atoms with van der Waals surface area (Å²) in [6.45, 7) is 1.31. The zero-order valence-electron chi connectivity index (χ0n) is 23.9. The van der Waals surface area contributed by atoms with Crippen LogP contribution in [0.3, 0.4) is 0 Å². The highest BCUT2D eigenvalue weighted by molar-refractivity contribution is 7.84. The van der Waals surface area contributed by atoms with Crippen molar-refractivity contribution in [2.45, 2.75) is 50.9 Å². The number of thiazole rings is 1. The zero-order valence-corrected chi connectivity index (χ0v) is 25.5. The number of nitrogen functional groups attached to an aromatic ring is 1. The number of carbonyl (C=O) groups excluding carboxylic acids is 4. The number of aromatic nitrogens is 2. The van der Waals surface area contributed by atoms with Crippen LogP contribution in [0.4, 0.5) is 5.13 Å². The van der Waals surface area contributed by atoms with Crippen molar-refractivity contribution < 1.29 is 57.2 Å². The molecule has 2 aromatic rings. The fraction of sp³-hybridized carbons (Fsp3) is 0.391. The third kappa shape index (κ3) is 8.45. The number of nitrogens with two attached hydrogens (primary N) is 1. The number of carboxylic acids is 1. The summed E-state index contributed by atoms with van der Waals surface area (Å²) in [6.07, 6.45) is -0.130. The van der Waals surface area contributed by atoms with Crippen LogP contribution in [0.25, 0.3) is 0 Å². The number of nitrogens with zero attached hydrogens (tertiary/aromatic N) is 4. The second-order valence-corrected chi connectivity index (χ2v) is 12.2. The summed E-state index contributed by atoms with van der Waals surface area (Å²) in [5, 5.41) is 39.9. The molecule has 9 N–H and O–H groups in total. The summed E-state index contributed by atoms with van der Waals surface area (Å²) in [5.74, 6) is -6.10. The number of β-lactam (4-membered cyclic amide) rings is 1. The molecule has 2 aromatic heterocycles. The summed E-state index contributed by atoms with van der Waals surface area (Å²) in [5.41, 5.74) is 2.03. The minimum Gasteiger partial charge on any atom is -0.503 e. The monoisotopic (exact) mass is 688 g/mol. The molecule has 2 atom stereocenters. The summed E-state index contributed by atoms with van der Waals surface area (Å²) in [4.78, 5) is 82.0. The number of pyridine rings is 1. The van der Waals surface area contributed by atoms with Crippen LogP contribution in [0.2, 0.25) is 0 Å². The molecule has 1 aliphatic rings. The van der Waals surface area contributed by atoms with Gasteiger partial charge in [0.2, 0.25) is 22.8 Å². The van der Waals surface area contributed by atoms with Gasteiger partial charge in [-0.3, -0.25) is 28.5 Å². The van der Waals surface area contributed by atoms with Gasteiger partial charge in [0, 0.05) is 30.8 Å². The summed E-state index contributed by atoms with van der Waals surface area (Å²) < 4.78 is 33.6. The lowest BCUT2D eigenvalue weighted by Gasteiger charge is -2.44. The van der Waals surface area contributed by atoms with E-state index in [0.29, 0.717) is 4.73 Å². The van der Waals surface area contributed by atoms with Crippen molar-refractivity contribution in [3.8, 4) is 5.75 Å². The van der Waals surface area contributed by atoms with Gasteiger partial charge in [0.15, 0.2) is 16.6 Å². The van der Waals surface area contributed by atoms with Crippen LogP contribution >= 0.6 is 11.3 Å². The number of aromatic hydroxyl groups is 1. The Balaban J connectivity index is 1.65. The highest BCUT2D eigenvalue weighted by atomic mass is 32.2. The molecule has 4 amide bonds. The van der Waals surface area contributed by atoms with Gasteiger partial charge in [0.25, 0.3) is 11.8 Å². The van der Waals surface area contributed by atoms with Crippen molar-refractivity contribution in [1.29, 1.82) is 0 Å². The third-order valence-corrected chi connectivity index (χ3v) is 7.83. The van der Waals surface area contributed by atoms with Crippen LogP contribution in [0, 0.1) is 0 Å². The van der Waals surface area contributed by atoms with E-state index in [9.17, 15) is 57.2 Å². The fourth-order valence-electron chi connectivity index (χ4n) is 3.67. The lowest BCUT2D eigenvalue weighted by atomic mass is 9.98. The maximum absolute atomic E-state index is 13.1. The van der Waals surface area contributed by atoms with Gasteiger partial charge in [0.1, 0.15) is 11.7 Å². The van der Waals surface area contributed by atoms with Crippen molar-refractivity contribution in [3.05, 3.63) is 39.3 Å². The number of hydrogen-bond acceptors (Lipinski definition) is 15. The number of nitrogens with one attached hydrogen (secondary N) is 3. The number of carboxylic acid groups (broad SMARTS) is 1. The molecule has 1 unspecified atom stereocenters. The molecule has 250 valence electrons. The molecular weight excluding hydrogens is 660 g/mol. The first-order valence-electron chi connectivity index (χ1n) is 12.8. The molecule has 0 aliphatic carbocycles. The fourth-order valence-corrected chi connectivity index (χ4v) is 5.10. The Labute approximate surface area is 262 Å². The normalized spacial score (nSPS) is 16.7. The van der Waals surface area contributed by atoms with Gasteiger partial charge in [-0.25, -0.2) is 14.1 Å². The third-order valence-electron chi connectivity index (χ3n) is 6.21. The Kier molecular flexibility index (Phi) is 10.5. The lowest BCUT2D eigenvalue weighted by Crippen LogP contribution is -2.74. The van der Waals surface area contributed by atoms with Crippen molar-refractivity contribution in [1.82, 2.24) is 30.0 Å². The van der Waals surface area contributed by atoms with E-state index in [1.54, 1.807) is 0 Å². The molecule has 0 aromatic carbocycles. The molecule has 0 spiro atoms. The predicted molar refractivity (Wildman–Crippen MR) is 154 cm³/mol. The highest BCUT2D eigenvalue weighted by Crippen LogP contribution is 2.24. The molecule has 1 fully saturated rings. The first kappa shape index (κ1) is 35.2. The van der Waals surface area contributed by atoms with E-state index < -0.39 is 93.9 Å². The average molecular weight is 689 g/mol. The Bertz CT molecular complexity index is 1750. The minimum absolute atomic E-state index is 0.00600. The van der Waals surface area contributed by atoms with Crippen LogP contribution in [-0.4, -0.2) is 102 Å². The number of hydrogen-bond donors (Lipinski definition) is 8. The van der Waals surface area contributed by atoms with E-state index in [2.05, 4.69) is 26.1 Å². The van der Waals surface area contributed by atoms with Crippen LogP contribution in [-0.2, 0) is 45.7 Å². The second kappa shape index (κ2) is 13.8. The molecule has 3 heterocycles. The van der Waals surface area contributed by atoms with Crippen LogP contribution < -0.4 is 27.1 Å². The van der Waals surface area contributed by atoms with Gasteiger partial charge >= 0.3 is 16.3 Å². The lowest BCUT2D eigenvalue weighted by molar-refractivity contribution is -0.161. The SMILES string of the molecule is CC(C)(O/N=C(\C(=O)NC1C(=O)N(S(=O)(=O)O)[C@@H]1CNC(=O)CCC(=O)NCc1cc(=O)c(O)cn1O)c1csc(N)n1)C(=O)O. The van der Waals surface area contributed by atoms with E-state index in [0.717, 1.165) is 37.4 Å². The van der Waals surface area contributed by atoms with Crippen molar-refractivity contribution >= 4 is 62.1 Å². The molecule has 3 rings (SSSR count). The molecule has 0 radical (unpaired) electrons. The van der Waals surface area contributed by atoms with Gasteiger partial charge < -0.3 is 41.9 Å². The number of anilines is 1. The number of amides is 4. The molecule has 46 heavy (non-hydrogen) atoms. The largest absolute Gasteiger partial charge is 0.503 e. The standard InChI is InChI=1S/C23H28N8O13S2/c1-23(2,21(38)39)44-29-17(11-9-45-22(24)27-11)19(36)28-18-12(31(20(18)37)46(41,42)43)7-26-16(35)4-3-15(34)25-6-10-5-13(32)14(33)8-30(10)40/h5,8-9,12,18,33,40H,3-4,6-7H2,1-2H3,(H2,24,27)(H,25,34)(H,26,35)(H,28,36)(H,38,39)(H,41,42,43)/b29-17-/t12-,18?/m1/s1. The van der Waals surface area contributed by atoms with Crippen molar-refractivity contribution in [2.75, 3.05) is 12.3 Å². The summed E-state index contributed by atoms with van der Waals surface area (Å²) >= 11 is 0.891. The number of carbonyl (C=O) groups is 5.